The number of sulfonamides is 1. The van der Waals surface area contributed by atoms with E-state index in [2.05, 4.69) is 15.5 Å². The van der Waals surface area contributed by atoms with Crippen LogP contribution < -0.4 is 5.32 Å². The molecule has 0 saturated carbocycles. The Morgan fingerprint density at radius 2 is 1.72 bits per heavy atom. The molecule has 0 fully saturated rings. The van der Waals surface area contributed by atoms with Gasteiger partial charge in [-0.1, -0.05) is 43.3 Å². The molecular weight excluding hydrogens is 435 g/mol. The van der Waals surface area contributed by atoms with E-state index in [1.165, 1.54) is 24.3 Å². The lowest BCUT2D eigenvalue weighted by Gasteiger charge is -2.19. The number of anilines is 1. The number of halogens is 1. The fourth-order valence-corrected chi connectivity index (χ4v) is 3.64. The summed E-state index contributed by atoms with van der Waals surface area (Å²) in [7, 11) is -3.65. The summed E-state index contributed by atoms with van der Waals surface area (Å²) >= 11 is 0. The maximum absolute atomic E-state index is 13.1. The first-order chi connectivity index (χ1) is 15.1. The molecule has 32 heavy (non-hydrogen) atoms. The topological polar surface area (TPSA) is 105 Å². The van der Waals surface area contributed by atoms with Crippen LogP contribution in [-0.4, -0.2) is 41.6 Å². The first kappa shape index (κ1) is 23.6. The first-order valence-corrected chi connectivity index (χ1v) is 11.9. The first-order valence-electron chi connectivity index (χ1n) is 10.0. The highest BCUT2D eigenvalue weighted by atomic mass is 32.2. The number of amides is 1. The van der Waals surface area contributed by atoms with Gasteiger partial charge in [-0.2, -0.15) is 9.29 Å². The summed E-state index contributed by atoms with van der Waals surface area (Å²) in [5, 5.41) is 6.65. The Kier molecular flexibility index (Phi) is 7.37. The third kappa shape index (κ3) is 6.69. The van der Waals surface area contributed by atoms with E-state index < -0.39 is 21.7 Å². The summed E-state index contributed by atoms with van der Waals surface area (Å²) in [5.74, 6) is 0.420. The summed E-state index contributed by atoms with van der Waals surface area (Å²) in [4.78, 5) is 16.8. The lowest BCUT2D eigenvalue weighted by molar-refractivity contribution is -0.116. The van der Waals surface area contributed by atoms with E-state index in [1.807, 2.05) is 26.0 Å². The Labute approximate surface area is 186 Å². The molecule has 0 bridgehead atoms. The molecule has 8 nitrogen and oxygen atoms in total. The molecule has 0 aliphatic rings. The van der Waals surface area contributed by atoms with E-state index in [0.29, 0.717) is 29.4 Å². The van der Waals surface area contributed by atoms with Crippen molar-refractivity contribution in [3.63, 3.8) is 0 Å². The predicted molar refractivity (Wildman–Crippen MR) is 118 cm³/mol. The van der Waals surface area contributed by atoms with E-state index in [4.69, 9.17) is 4.52 Å². The van der Waals surface area contributed by atoms with Crippen LogP contribution in [0, 0.1) is 5.82 Å². The number of rotatable bonds is 9. The summed E-state index contributed by atoms with van der Waals surface area (Å²) in [6, 6.07) is 12.6. The monoisotopic (exact) mass is 460 g/mol. The molecule has 2 aromatic carbocycles. The number of nitrogens with one attached hydrogen (secondary N) is 1. The standard InChI is InChI=1S/C22H25FN4O4S/c1-15(2)22-25-20(26-31-22)12-16-6-10-19(11-7-16)24-21(28)14-27(32(3,29)30)13-17-4-8-18(23)9-5-17/h4-11,15H,12-14H2,1-3H3,(H,24,28). The molecule has 1 aromatic heterocycles. The van der Waals surface area contributed by atoms with Crippen LogP contribution in [0.3, 0.4) is 0 Å². The van der Waals surface area contributed by atoms with Gasteiger partial charge in [0.1, 0.15) is 5.82 Å². The van der Waals surface area contributed by atoms with Gasteiger partial charge in [0, 0.05) is 24.6 Å². The van der Waals surface area contributed by atoms with Gasteiger partial charge in [0.2, 0.25) is 21.8 Å². The van der Waals surface area contributed by atoms with Crippen molar-refractivity contribution in [3.8, 4) is 0 Å². The van der Waals surface area contributed by atoms with Crippen LogP contribution >= 0.6 is 0 Å². The minimum absolute atomic E-state index is 0.0332. The highest BCUT2D eigenvalue weighted by Gasteiger charge is 2.21. The molecule has 3 aromatic rings. The van der Waals surface area contributed by atoms with Crippen LogP contribution in [0.5, 0.6) is 0 Å². The molecule has 1 heterocycles. The second kappa shape index (κ2) is 10.0. The van der Waals surface area contributed by atoms with Gasteiger partial charge in [0.25, 0.3) is 0 Å². The summed E-state index contributed by atoms with van der Waals surface area (Å²) < 4.78 is 43.5. The van der Waals surface area contributed by atoms with E-state index >= 15 is 0 Å². The van der Waals surface area contributed by atoms with Crippen LogP contribution in [0.2, 0.25) is 0 Å². The molecule has 1 amide bonds. The largest absolute Gasteiger partial charge is 0.339 e. The molecule has 0 aliphatic carbocycles. The number of carbonyl (C=O) groups excluding carboxylic acids is 1. The van der Waals surface area contributed by atoms with E-state index in [1.54, 1.807) is 12.1 Å². The maximum Gasteiger partial charge on any atom is 0.239 e. The Morgan fingerprint density at radius 3 is 2.28 bits per heavy atom. The zero-order valence-electron chi connectivity index (χ0n) is 18.1. The third-order valence-electron chi connectivity index (χ3n) is 4.64. The Morgan fingerprint density at radius 1 is 1.09 bits per heavy atom. The van der Waals surface area contributed by atoms with Crippen molar-refractivity contribution in [2.45, 2.75) is 32.7 Å². The third-order valence-corrected chi connectivity index (χ3v) is 5.84. The minimum atomic E-state index is -3.65. The summed E-state index contributed by atoms with van der Waals surface area (Å²) in [6.45, 7) is 3.55. The number of carbonyl (C=O) groups is 1. The molecule has 0 unspecified atom stereocenters. The molecule has 0 saturated heterocycles. The second-order valence-corrected chi connectivity index (χ2v) is 9.77. The quantitative estimate of drug-likeness (QED) is 0.525. The van der Waals surface area contributed by atoms with Crippen LogP contribution in [-0.2, 0) is 27.8 Å². The number of hydrogen-bond donors (Lipinski definition) is 1. The average Bonchev–Trinajstić information content (AvgIpc) is 3.19. The number of nitrogens with zero attached hydrogens (tertiary/aromatic N) is 3. The van der Waals surface area contributed by atoms with Gasteiger partial charge in [-0.25, -0.2) is 12.8 Å². The van der Waals surface area contributed by atoms with Crippen molar-refractivity contribution in [1.29, 1.82) is 0 Å². The van der Waals surface area contributed by atoms with Crippen molar-refractivity contribution in [2.24, 2.45) is 0 Å². The molecular formula is C22H25FN4O4S. The normalized spacial score (nSPS) is 11.8. The van der Waals surface area contributed by atoms with Crippen LogP contribution in [0.15, 0.2) is 53.1 Å². The van der Waals surface area contributed by atoms with Gasteiger partial charge in [-0.05, 0) is 35.4 Å². The zero-order valence-corrected chi connectivity index (χ0v) is 18.9. The van der Waals surface area contributed by atoms with Gasteiger partial charge >= 0.3 is 0 Å². The highest BCUT2D eigenvalue weighted by Crippen LogP contribution is 2.16. The van der Waals surface area contributed by atoms with Crippen LogP contribution in [0.25, 0.3) is 0 Å². The van der Waals surface area contributed by atoms with E-state index in [-0.39, 0.29) is 19.0 Å². The van der Waals surface area contributed by atoms with Crippen molar-refractivity contribution in [2.75, 3.05) is 18.1 Å². The molecule has 170 valence electrons. The van der Waals surface area contributed by atoms with Crippen molar-refractivity contribution in [3.05, 3.63) is 77.2 Å². The molecule has 0 spiro atoms. The van der Waals surface area contributed by atoms with Crippen molar-refractivity contribution in [1.82, 2.24) is 14.4 Å². The van der Waals surface area contributed by atoms with Gasteiger partial charge in [0.05, 0.1) is 12.8 Å². The van der Waals surface area contributed by atoms with Crippen LogP contribution in [0.1, 0.15) is 42.6 Å². The number of benzene rings is 2. The average molecular weight is 461 g/mol. The molecule has 0 atom stereocenters. The van der Waals surface area contributed by atoms with Crippen LogP contribution in [0.4, 0.5) is 10.1 Å². The predicted octanol–water partition coefficient (Wildman–Crippen LogP) is 3.32. The second-order valence-electron chi connectivity index (χ2n) is 7.78. The Balaban J connectivity index is 1.60. The lowest BCUT2D eigenvalue weighted by atomic mass is 10.1. The van der Waals surface area contributed by atoms with Gasteiger partial charge in [0.15, 0.2) is 5.82 Å². The lowest BCUT2D eigenvalue weighted by Crippen LogP contribution is -2.36. The van der Waals surface area contributed by atoms with Crippen molar-refractivity contribution >= 4 is 21.6 Å². The molecule has 10 heteroatoms. The highest BCUT2D eigenvalue weighted by molar-refractivity contribution is 7.88. The summed E-state index contributed by atoms with van der Waals surface area (Å²) in [5.41, 5.74) is 2.05. The Bertz CT molecular complexity index is 1160. The van der Waals surface area contributed by atoms with E-state index in [0.717, 1.165) is 16.1 Å². The van der Waals surface area contributed by atoms with Gasteiger partial charge in [-0.3, -0.25) is 4.79 Å². The SMILES string of the molecule is CC(C)c1nc(Cc2ccc(NC(=O)CN(Cc3ccc(F)cc3)S(C)(=O)=O)cc2)no1. The van der Waals surface area contributed by atoms with Gasteiger partial charge in [-0.15, -0.1) is 0 Å². The molecule has 0 radical (unpaired) electrons. The Hall–Kier alpha value is -3.11. The molecule has 0 aliphatic heterocycles. The molecule has 1 N–H and O–H groups in total. The smallest absolute Gasteiger partial charge is 0.239 e. The van der Waals surface area contributed by atoms with E-state index in [9.17, 15) is 17.6 Å². The van der Waals surface area contributed by atoms with Gasteiger partial charge < -0.3 is 9.84 Å². The maximum atomic E-state index is 13.1. The zero-order chi connectivity index (χ0) is 23.3. The summed E-state index contributed by atoms with van der Waals surface area (Å²) in [6.07, 6.45) is 1.52. The fraction of sp³-hybridized carbons (Fsp3) is 0.318. The fourth-order valence-electron chi connectivity index (χ4n) is 2.91. The molecule has 3 rings (SSSR count). The number of aromatic nitrogens is 2. The number of hydrogen-bond acceptors (Lipinski definition) is 6. The minimum Gasteiger partial charge on any atom is -0.339 e. The van der Waals surface area contributed by atoms with Crippen molar-refractivity contribution < 1.29 is 22.1 Å².